The second-order valence-corrected chi connectivity index (χ2v) is 13.3. The van der Waals surface area contributed by atoms with Gasteiger partial charge in [0.2, 0.25) is 5.91 Å². The van der Waals surface area contributed by atoms with Crippen LogP contribution in [0.3, 0.4) is 0 Å². The maximum absolute atomic E-state index is 14.3. The van der Waals surface area contributed by atoms with E-state index in [0.29, 0.717) is 11.1 Å². The molecule has 0 heterocycles. The van der Waals surface area contributed by atoms with Crippen molar-refractivity contribution in [3.05, 3.63) is 54.1 Å². The number of halogens is 3. The number of carbonyl (C=O) groups excluding carboxylic acids is 1. The third kappa shape index (κ3) is 6.82. The van der Waals surface area contributed by atoms with E-state index >= 15 is 0 Å². The number of nitriles is 1. The molecular formula is C29H34F3N3O3S. The van der Waals surface area contributed by atoms with Crippen LogP contribution in [0.25, 0.3) is 11.1 Å². The summed E-state index contributed by atoms with van der Waals surface area (Å²) in [5.74, 6) is -0.522. The molecule has 10 heteroatoms. The lowest BCUT2D eigenvalue weighted by Crippen LogP contribution is -2.58. The molecule has 2 aliphatic carbocycles. The van der Waals surface area contributed by atoms with Crippen LogP contribution in [0.4, 0.5) is 13.2 Å². The zero-order valence-corrected chi connectivity index (χ0v) is 23.1. The molecule has 0 aromatic heterocycles. The van der Waals surface area contributed by atoms with Gasteiger partial charge in [-0.05, 0) is 78.7 Å². The quantitative estimate of drug-likeness (QED) is 0.374. The SMILES string of the molecule is CC(C)C[C@H](N[C@@H](c1ccc(-c2ccc(S(C)(=O)=O)cc2)cc1)C(F)(F)F)C(=O)NC(C#N)(C1CC1)C1CC1. The Morgan fingerprint density at radius 3 is 1.85 bits per heavy atom. The number of hydrogen-bond donors (Lipinski definition) is 2. The molecule has 0 aliphatic heterocycles. The summed E-state index contributed by atoms with van der Waals surface area (Å²) in [6, 6.07) is 11.0. The molecule has 0 unspecified atom stereocenters. The van der Waals surface area contributed by atoms with Crippen LogP contribution in [0.5, 0.6) is 0 Å². The van der Waals surface area contributed by atoms with E-state index in [1.807, 2.05) is 13.8 Å². The van der Waals surface area contributed by atoms with Crippen LogP contribution in [0.1, 0.15) is 57.6 Å². The molecule has 210 valence electrons. The lowest BCUT2D eigenvalue weighted by molar-refractivity contribution is -0.161. The molecule has 2 fully saturated rings. The predicted molar refractivity (Wildman–Crippen MR) is 142 cm³/mol. The number of nitrogens with one attached hydrogen (secondary N) is 2. The molecule has 39 heavy (non-hydrogen) atoms. The number of sulfone groups is 1. The summed E-state index contributed by atoms with van der Waals surface area (Å²) in [5.41, 5.74) is 0.242. The highest BCUT2D eigenvalue weighted by Crippen LogP contribution is 2.52. The monoisotopic (exact) mass is 561 g/mol. The Balaban J connectivity index is 1.57. The summed E-state index contributed by atoms with van der Waals surface area (Å²) in [6.45, 7) is 3.68. The molecule has 2 saturated carbocycles. The number of alkyl halides is 3. The van der Waals surface area contributed by atoms with Gasteiger partial charge >= 0.3 is 6.18 Å². The van der Waals surface area contributed by atoms with Crippen molar-refractivity contribution in [1.29, 1.82) is 5.26 Å². The van der Waals surface area contributed by atoms with Gasteiger partial charge in [0.05, 0.1) is 17.0 Å². The Kier molecular flexibility index (Phi) is 8.16. The van der Waals surface area contributed by atoms with Crippen LogP contribution < -0.4 is 10.6 Å². The molecular weight excluding hydrogens is 527 g/mol. The van der Waals surface area contributed by atoms with E-state index < -0.39 is 39.5 Å². The van der Waals surface area contributed by atoms with Crippen LogP contribution in [0, 0.1) is 29.1 Å². The van der Waals surface area contributed by atoms with Gasteiger partial charge in [0.15, 0.2) is 9.84 Å². The average molecular weight is 562 g/mol. The molecule has 2 atom stereocenters. The van der Waals surface area contributed by atoms with E-state index in [1.165, 1.54) is 24.3 Å². The molecule has 2 aromatic rings. The number of carbonyl (C=O) groups is 1. The maximum Gasteiger partial charge on any atom is 0.407 e. The third-order valence-electron chi connectivity index (χ3n) is 7.54. The zero-order valence-electron chi connectivity index (χ0n) is 22.3. The van der Waals surface area contributed by atoms with Crippen LogP contribution >= 0.6 is 0 Å². The second-order valence-electron chi connectivity index (χ2n) is 11.3. The number of nitrogens with zero attached hydrogens (tertiary/aromatic N) is 1. The van der Waals surface area contributed by atoms with Gasteiger partial charge in [-0.2, -0.15) is 18.4 Å². The molecule has 2 aromatic carbocycles. The normalized spacial score (nSPS) is 17.9. The molecule has 0 saturated heterocycles. The lowest BCUT2D eigenvalue weighted by Gasteiger charge is -2.33. The fourth-order valence-electron chi connectivity index (χ4n) is 5.18. The fourth-order valence-corrected chi connectivity index (χ4v) is 5.81. The van der Waals surface area contributed by atoms with Crippen LogP contribution in [-0.4, -0.2) is 38.3 Å². The first-order chi connectivity index (χ1) is 18.2. The Morgan fingerprint density at radius 1 is 0.974 bits per heavy atom. The maximum atomic E-state index is 14.3. The highest BCUT2D eigenvalue weighted by molar-refractivity contribution is 7.90. The predicted octanol–water partition coefficient (Wildman–Crippen LogP) is 5.56. The highest BCUT2D eigenvalue weighted by atomic mass is 32.2. The molecule has 6 nitrogen and oxygen atoms in total. The smallest absolute Gasteiger partial charge is 0.336 e. The van der Waals surface area contributed by atoms with Gasteiger partial charge in [-0.15, -0.1) is 0 Å². The topological polar surface area (TPSA) is 99.1 Å². The zero-order chi connectivity index (χ0) is 28.6. The largest absolute Gasteiger partial charge is 0.407 e. The number of benzene rings is 2. The fraction of sp³-hybridized carbons (Fsp3) is 0.517. The minimum atomic E-state index is -4.67. The first kappa shape index (κ1) is 29.1. The third-order valence-corrected chi connectivity index (χ3v) is 8.66. The van der Waals surface area contributed by atoms with E-state index in [4.69, 9.17) is 0 Å². The molecule has 4 rings (SSSR count). The number of hydrogen-bond acceptors (Lipinski definition) is 5. The lowest BCUT2D eigenvalue weighted by atomic mass is 9.88. The van der Waals surface area contributed by atoms with Gasteiger partial charge in [0.1, 0.15) is 11.6 Å². The second kappa shape index (κ2) is 10.9. The molecule has 2 aliphatic rings. The molecule has 0 bridgehead atoms. The molecule has 2 N–H and O–H groups in total. The van der Waals surface area contributed by atoms with Gasteiger partial charge in [-0.25, -0.2) is 8.42 Å². The van der Waals surface area contributed by atoms with E-state index in [0.717, 1.165) is 31.9 Å². The van der Waals surface area contributed by atoms with Crippen molar-refractivity contribution in [3.8, 4) is 17.2 Å². The Labute approximate surface area is 227 Å². The van der Waals surface area contributed by atoms with Crippen molar-refractivity contribution in [2.45, 2.75) is 74.6 Å². The highest BCUT2D eigenvalue weighted by Gasteiger charge is 2.56. The van der Waals surface area contributed by atoms with E-state index in [2.05, 4.69) is 16.7 Å². The number of rotatable bonds is 11. The molecule has 0 radical (unpaired) electrons. The van der Waals surface area contributed by atoms with Crippen molar-refractivity contribution < 1.29 is 26.4 Å². The summed E-state index contributed by atoms with van der Waals surface area (Å²) in [5, 5.41) is 15.4. The minimum absolute atomic E-state index is 0.0449. The standard InChI is InChI=1S/C29H34F3N3O3S/c1-18(2)16-25(27(36)35-28(17-33,22-10-11-22)23-12-13-23)34-26(29(30,31)32)21-6-4-19(5-7-21)20-8-14-24(15-9-20)39(3,37)38/h4-9,14-15,18,22-23,25-26,34H,10-13,16H2,1-3H3,(H,35,36)/t25-,26-/m0/s1. The van der Waals surface area contributed by atoms with Gasteiger partial charge in [0.25, 0.3) is 0 Å². The summed E-state index contributed by atoms with van der Waals surface area (Å²) in [7, 11) is -3.36. The van der Waals surface area contributed by atoms with Crippen molar-refractivity contribution >= 4 is 15.7 Å². The summed E-state index contributed by atoms with van der Waals surface area (Å²) in [6.07, 6.45) is -0.0515. The van der Waals surface area contributed by atoms with Crippen LogP contribution in [0.2, 0.25) is 0 Å². The average Bonchev–Trinajstić information content (AvgIpc) is 3.77. The van der Waals surface area contributed by atoms with Crippen LogP contribution in [-0.2, 0) is 14.6 Å². The van der Waals surface area contributed by atoms with E-state index in [1.54, 1.807) is 24.3 Å². The number of amides is 1. The summed E-state index contributed by atoms with van der Waals surface area (Å²) < 4.78 is 66.4. The van der Waals surface area contributed by atoms with Crippen LogP contribution in [0.15, 0.2) is 53.4 Å². The van der Waals surface area contributed by atoms with Crippen molar-refractivity contribution in [1.82, 2.24) is 10.6 Å². The first-order valence-corrected chi connectivity index (χ1v) is 15.1. The molecule has 0 spiro atoms. The summed E-state index contributed by atoms with van der Waals surface area (Å²) >= 11 is 0. The Bertz CT molecular complexity index is 1310. The summed E-state index contributed by atoms with van der Waals surface area (Å²) in [4.78, 5) is 13.6. The Hall–Kier alpha value is -2.90. The van der Waals surface area contributed by atoms with Crippen molar-refractivity contribution in [3.63, 3.8) is 0 Å². The molecule has 1 amide bonds. The van der Waals surface area contributed by atoms with Gasteiger partial charge in [-0.1, -0.05) is 50.2 Å². The van der Waals surface area contributed by atoms with Crippen molar-refractivity contribution in [2.24, 2.45) is 17.8 Å². The van der Waals surface area contributed by atoms with Gasteiger partial charge in [0, 0.05) is 6.26 Å². The first-order valence-electron chi connectivity index (χ1n) is 13.2. The Morgan fingerprint density at radius 2 is 1.46 bits per heavy atom. The van der Waals surface area contributed by atoms with Gasteiger partial charge < -0.3 is 5.32 Å². The van der Waals surface area contributed by atoms with Gasteiger partial charge in [-0.3, -0.25) is 10.1 Å². The van der Waals surface area contributed by atoms with E-state index in [9.17, 15) is 31.6 Å². The minimum Gasteiger partial charge on any atom is -0.336 e. The van der Waals surface area contributed by atoms with E-state index in [-0.39, 0.29) is 34.6 Å². The van der Waals surface area contributed by atoms with Crippen molar-refractivity contribution in [2.75, 3.05) is 6.26 Å².